The predicted molar refractivity (Wildman–Crippen MR) is 97.4 cm³/mol. The first kappa shape index (κ1) is 15.1. The molecule has 0 amide bonds. The summed E-state index contributed by atoms with van der Waals surface area (Å²) in [5.74, 6) is 0. The van der Waals surface area contributed by atoms with E-state index in [4.69, 9.17) is 4.84 Å². The van der Waals surface area contributed by atoms with E-state index in [1.165, 1.54) is 0 Å². The monoisotopic (exact) mass is 331 g/mol. The highest BCUT2D eigenvalue weighted by molar-refractivity contribution is 6.00. The average molecular weight is 331 g/mol. The van der Waals surface area contributed by atoms with Crippen LogP contribution in [0.2, 0.25) is 0 Å². The molecule has 124 valence electrons. The summed E-state index contributed by atoms with van der Waals surface area (Å²) in [6, 6.07) is 14.3. The SMILES string of the molecule is CON=C(C)c1ccc2c(c1)ncn2-c1cccc(-n2ccnc2)c1. The lowest BCUT2D eigenvalue weighted by molar-refractivity contribution is 0.213. The number of aromatic nitrogens is 4. The third-order valence-electron chi connectivity index (χ3n) is 4.10. The van der Waals surface area contributed by atoms with E-state index in [-0.39, 0.29) is 0 Å². The molecule has 25 heavy (non-hydrogen) atoms. The summed E-state index contributed by atoms with van der Waals surface area (Å²) in [7, 11) is 1.55. The van der Waals surface area contributed by atoms with Gasteiger partial charge in [0.15, 0.2) is 0 Å². The summed E-state index contributed by atoms with van der Waals surface area (Å²) in [5.41, 5.74) is 5.86. The Labute approximate surface area is 145 Å². The number of hydrogen-bond acceptors (Lipinski definition) is 4. The molecule has 6 heteroatoms. The number of nitrogens with zero attached hydrogens (tertiary/aromatic N) is 5. The molecule has 0 aliphatic carbocycles. The highest BCUT2D eigenvalue weighted by Crippen LogP contribution is 2.21. The third-order valence-corrected chi connectivity index (χ3v) is 4.10. The molecular weight excluding hydrogens is 314 g/mol. The van der Waals surface area contributed by atoms with Crippen LogP contribution in [0.4, 0.5) is 0 Å². The van der Waals surface area contributed by atoms with Crippen molar-refractivity contribution in [2.45, 2.75) is 6.92 Å². The number of imidazole rings is 2. The zero-order valence-electron chi connectivity index (χ0n) is 14.0. The number of benzene rings is 2. The van der Waals surface area contributed by atoms with Gasteiger partial charge in [0, 0.05) is 29.3 Å². The topological polar surface area (TPSA) is 57.2 Å². The quantitative estimate of drug-likeness (QED) is 0.424. The zero-order valence-corrected chi connectivity index (χ0v) is 14.0. The van der Waals surface area contributed by atoms with Crippen molar-refractivity contribution in [3.63, 3.8) is 0 Å². The van der Waals surface area contributed by atoms with Gasteiger partial charge in [-0.15, -0.1) is 0 Å². The van der Waals surface area contributed by atoms with Gasteiger partial charge in [0.1, 0.15) is 13.4 Å². The Balaban J connectivity index is 1.78. The van der Waals surface area contributed by atoms with E-state index < -0.39 is 0 Å². The van der Waals surface area contributed by atoms with Crippen LogP contribution in [-0.2, 0) is 4.84 Å². The van der Waals surface area contributed by atoms with E-state index in [0.717, 1.165) is 33.7 Å². The standard InChI is InChI=1S/C19H17N5O/c1-14(22-25-2)15-6-7-19-18(10-15)21-13-24(19)17-5-3-4-16(11-17)23-9-8-20-12-23/h3-13H,1-2H3. The van der Waals surface area contributed by atoms with E-state index in [9.17, 15) is 0 Å². The van der Waals surface area contributed by atoms with E-state index in [2.05, 4.69) is 37.9 Å². The van der Waals surface area contributed by atoms with Gasteiger partial charge in [0.05, 0.1) is 23.1 Å². The van der Waals surface area contributed by atoms with Crippen LogP contribution in [0.25, 0.3) is 22.4 Å². The van der Waals surface area contributed by atoms with Crippen molar-refractivity contribution in [2.75, 3.05) is 7.11 Å². The lowest BCUT2D eigenvalue weighted by atomic mass is 10.1. The van der Waals surface area contributed by atoms with Crippen LogP contribution in [0, 0.1) is 0 Å². The number of hydrogen-bond donors (Lipinski definition) is 0. The Hall–Kier alpha value is -3.41. The second-order valence-corrected chi connectivity index (χ2v) is 5.67. The maximum absolute atomic E-state index is 4.85. The normalized spacial score (nSPS) is 11.8. The molecule has 4 aromatic rings. The largest absolute Gasteiger partial charge is 0.399 e. The van der Waals surface area contributed by atoms with Crippen molar-refractivity contribution in [3.8, 4) is 11.4 Å². The maximum Gasteiger partial charge on any atom is 0.106 e. The second kappa shape index (κ2) is 6.24. The van der Waals surface area contributed by atoms with E-state index in [1.54, 1.807) is 19.6 Å². The summed E-state index contributed by atoms with van der Waals surface area (Å²) in [6.07, 6.45) is 7.32. The van der Waals surface area contributed by atoms with Gasteiger partial charge in [0.2, 0.25) is 0 Å². The lowest BCUT2D eigenvalue weighted by Gasteiger charge is -2.08. The van der Waals surface area contributed by atoms with Gasteiger partial charge in [-0.2, -0.15) is 0 Å². The molecule has 0 spiro atoms. The van der Waals surface area contributed by atoms with Crippen molar-refractivity contribution < 1.29 is 4.84 Å². The molecule has 0 atom stereocenters. The average Bonchev–Trinajstić information content (AvgIpc) is 3.31. The van der Waals surface area contributed by atoms with Gasteiger partial charge >= 0.3 is 0 Å². The third kappa shape index (κ3) is 2.78. The van der Waals surface area contributed by atoms with Crippen LogP contribution in [-0.4, -0.2) is 31.9 Å². The molecule has 6 nitrogen and oxygen atoms in total. The maximum atomic E-state index is 4.85. The van der Waals surface area contributed by atoms with E-state index in [0.29, 0.717) is 0 Å². The molecule has 0 aliphatic rings. The highest BCUT2D eigenvalue weighted by atomic mass is 16.6. The van der Waals surface area contributed by atoms with Gasteiger partial charge in [-0.3, -0.25) is 4.57 Å². The minimum atomic E-state index is 0.820. The molecule has 0 bridgehead atoms. The van der Waals surface area contributed by atoms with Crippen LogP contribution >= 0.6 is 0 Å². The second-order valence-electron chi connectivity index (χ2n) is 5.67. The fraction of sp³-hybridized carbons (Fsp3) is 0.105. The molecule has 2 aromatic heterocycles. The number of rotatable bonds is 4. The van der Waals surface area contributed by atoms with Crippen LogP contribution in [0.1, 0.15) is 12.5 Å². The van der Waals surface area contributed by atoms with Crippen LogP contribution < -0.4 is 0 Å². The van der Waals surface area contributed by atoms with Crippen LogP contribution in [0.15, 0.2) is 72.7 Å². The van der Waals surface area contributed by atoms with Crippen molar-refractivity contribution in [3.05, 3.63) is 73.1 Å². The van der Waals surface area contributed by atoms with Crippen molar-refractivity contribution >= 4 is 16.7 Å². The summed E-state index contributed by atoms with van der Waals surface area (Å²) >= 11 is 0. The van der Waals surface area contributed by atoms with Gasteiger partial charge in [-0.25, -0.2) is 9.97 Å². The zero-order chi connectivity index (χ0) is 17.2. The Bertz CT molecular complexity index is 1050. The number of fused-ring (bicyclic) bond motifs is 1. The molecule has 0 saturated heterocycles. The van der Waals surface area contributed by atoms with Crippen LogP contribution in [0.3, 0.4) is 0 Å². The molecular formula is C19H17N5O. The number of oxime groups is 1. The van der Waals surface area contributed by atoms with Gasteiger partial charge in [-0.05, 0) is 37.3 Å². The van der Waals surface area contributed by atoms with Crippen LogP contribution in [0.5, 0.6) is 0 Å². The highest BCUT2D eigenvalue weighted by Gasteiger charge is 2.08. The van der Waals surface area contributed by atoms with Crippen molar-refractivity contribution in [1.82, 2.24) is 19.1 Å². The molecule has 2 aromatic carbocycles. The first-order valence-electron chi connectivity index (χ1n) is 7.90. The van der Waals surface area contributed by atoms with Gasteiger partial charge < -0.3 is 9.40 Å². The predicted octanol–water partition coefficient (Wildman–Crippen LogP) is 3.58. The molecule has 0 fully saturated rings. The fourth-order valence-electron chi connectivity index (χ4n) is 2.85. The van der Waals surface area contributed by atoms with Crippen molar-refractivity contribution in [1.29, 1.82) is 0 Å². The minimum absolute atomic E-state index is 0.820. The molecule has 0 unspecified atom stereocenters. The van der Waals surface area contributed by atoms with E-state index in [1.807, 2.05) is 48.3 Å². The van der Waals surface area contributed by atoms with Gasteiger partial charge in [0.25, 0.3) is 0 Å². The Morgan fingerprint density at radius 2 is 1.96 bits per heavy atom. The Morgan fingerprint density at radius 3 is 2.76 bits per heavy atom. The molecule has 0 N–H and O–H groups in total. The molecule has 0 saturated carbocycles. The Morgan fingerprint density at radius 1 is 1.08 bits per heavy atom. The molecule has 0 aliphatic heterocycles. The lowest BCUT2D eigenvalue weighted by Crippen LogP contribution is -1.97. The molecule has 4 rings (SSSR count). The summed E-state index contributed by atoms with van der Waals surface area (Å²) < 4.78 is 4.05. The summed E-state index contributed by atoms with van der Waals surface area (Å²) in [6.45, 7) is 1.91. The first-order valence-corrected chi connectivity index (χ1v) is 7.90. The minimum Gasteiger partial charge on any atom is -0.399 e. The fourth-order valence-corrected chi connectivity index (χ4v) is 2.85. The molecule has 2 heterocycles. The van der Waals surface area contributed by atoms with Crippen molar-refractivity contribution in [2.24, 2.45) is 5.16 Å². The Kier molecular flexibility index (Phi) is 3.78. The molecule has 0 radical (unpaired) electrons. The van der Waals surface area contributed by atoms with E-state index >= 15 is 0 Å². The smallest absolute Gasteiger partial charge is 0.106 e. The summed E-state index contributed by atoms with van der Waals surface area (Å²) in [4.78, 5) is 13.5. The van der Waals surface area contributed by atoms with Gasteiger partial charge in [-0.1, -0.05) is 17.3 Å². The first-order chi connectivity index (χ1) is 12.3. The summed E-state index contributed by atoms with van der Waals surface area (Å²) in [5, 5.41) is 3.98.